The summed E-state index contributed by atoms with van der Waals surface area (Å²) >= 11 is 0. The van der Waals surface area contributed by atoms with Crippen LogP contribution in [0.1, 0.15) is 39.0 Å². The van der Waals surface area contributed by atoms with Crippen LogP contribution in [0.4, 0.5) is 11.4 Å². The van der Waals surface area contributed by atoms with Crippen LogP contribution in [0.5, 0.6) is 0 Å². The van der Waals surface area contributed by atoms with E-state index < -0.39 is 29.1 Å². The lowest BCUT2D eigenvalue weighted by molar-refractivity contribution is -0.131. The Morgan fingerprint density at radius 1 is 1.03 bits per heavy atom. The zero-order chi connectivity index (χ0) is 24.9. The van der Waals surface area contributed by atoms with Crippen LogP contribution in [-0.4, -0.2) is 46.0 Å². The minimum absolute atomic E-state index is 0.0721. The second-order valence-corrected chi connectivity index (χ2v) is 10.4. The molecule has 2 bridgehead atoms. The number of hydrogen-bond donors (Lipinski definition) is 2. The van der Waals surface area contributed by atoms with Crippen molar-refractivity contribution in [3.05, 3.63) is 67.0 Å². The number of pyridine rings is 1. The first-order chi connectivity index (χ1) is 17.4. The van der Waals surface area contributed by atoms with E-state index in [-0.39, 0.29) is 23.8 Å². The Morgan fingerprint density at radius 3 is 2.53 bits per heavy atom. The van der Waals surface area contributed by atoms with Crippen molar-refractivity contribution < 1.29 is 19.1 Å². The molecular formula is C28H30N4O4. The number of rotatable bonds is 5. The molecule has 3 fully saturated rings. The Hall–Kier alpha value is -3.52. The molecule has 1 spiro atoms. The second-order valence-electron chi connectivity index (χ2n) is 10.4. The lowest BCUT2D eigenvalue weighted by atomic mass is 9.70. The Labute approximate surface area is 210 Å². The van der Waals surface area contributed by atoms with Crippen molar-refractivity contribution in [2.75, 3.05) is 10.2 Å². The van der Waals surface area contributed by atoms with Gasteiger partial charge in [-0.15, -0.1) is 0 Å². The zero-order valence-corrected chi connectivity index (χ0v) is 20.2. The van der Waals surface area contributed by atoms with Gasteiger partial charge in [-0.2, -0.15) is 0 Å². The van der Waals surface area contributed by atoms with E-state index in [1.54, 1.807) is 36.7 Å². The highest BCUT2D eigenvalue weighted by Gasteiger charge is 2.76. The first kappa shape index (κ1) is 22.9. The van der Waals surface area contributed by atoms with E-state index in [9.17, 15) is 14.4 Å². The van der Waals surface area contributed by atoms with Gasteiger partial charge in [0.15, 0.2) is 0 Å². The summed E-state index contributed by atoms with van der Waals surface area (Å²) in [5, 5.41) is 6.15. The van der Waals surface area contributed by atoms with E-state index in [1.165, 1.54) is 11.3 Å². The SMILES string of the molecule is C[C@]12C=C[C@@]3(O1)[C@H](C(=O)N(c1cccnc1)[C@@H]3C(=O)NC1CCCCC1)[C@@H]2C(=O)Nc1ccccc1. The van der Waals surface area contributed by atoms with Crippen LogP contribution in [0.3, 0.4) is 0 Å². The molecule has 186 valence electrons. The number of benzene rings is 1. The van der Waals surface area contributed by atoms with Gasteiger partial charge < -0.3 is 15.4 Å². The quantitative estimate of drug-likeness (QED) is 0.632. The smallest absolute Gasteiger partial charge is 0.246 e. The molecule has 4 heterocycles. The van der Waals surface area contributed by atoms with E-state index in [4.69, 9.17) is 4.74 Å². The number of ether oxygens (including phenoxy) is 1. The molecule has 8 heteroatoms. The standard InChI is InChI=1S/C28H30N4O4/c1-27-14-15-28(36-27)22(21(27)24(33)30-18-9-4-2-5-10-18)26(35)32(20-13-8-16-29-17-20)23(28)25(34)31-19-11-6-3-7-12-19/h2,4-5,8-10,13-17,19,21-23H,3,6-7,11-12H2,1H3,(H,30,33)(H,31,34)/t21-,22+,23-,27-,28-/m1/s1. The molecule has 1 aromatic carbocycles. The van der Waals surface area contributed by atoms with Gasteiger partial charge in [0.25, 0.3) is 0 Å². The minimum Gasteiger partial charge on any atom is -0.356 e. The molecule has 5 atom stereocenters. The number of anilines is 2. The van der Waals surface area contributed by atoms with Crippen molar-refractivity contribution in [1.82, 2.24) is 10.3 Å². The van der Waals surface area contributed by atoms with Gasteiger partial charge in [-0.25, -0.2) is 0 Å². The first-order valence-electron chi connectivity index (χ1n) is 12.7. The van der Waals surface area contributed by atoms with Crippen molar-refractivity contribution in [3.8, 4) is 0 Å². The molecule has 2 aromatic rings. The molecule has 3 amide bonds. The third kappa shape index (κ3) is 3.46. The van der Waals surface area contributed by atoms with Crippen LogP contribution in [0, 0.1) is 11.8 Å². The van der Waals surface area contributed by atoms with Crippen molar-refractivity contribution in [3.63, 3.8) is 0 Å². The van der Waals surface area contributed by atoms with Gasteiger partial charge in [0.05, 0.1) is 29.3 Å². The summed E-state index contributed by atoms with van der Waals surface area (Å²) in [5.74, 6) is -2.47. The van der Waals surface area contributed by atoms with Crippen molar-refractivity contribution in [2.45, 2.75) is 62.3 Å². The highest BCUT2D eigenvalue weighted by Crippen LogP contribution is 2.60. The summed E-state index contributed by atoms with van der Waals surface area (Å²) in [6.07, 6.45) is 12.1. The predicted molar refractivity (Wildman–Crippen MR) is 134 cm³/mol. The van der Waals surface area contributed by atoms with E-state index in [2.05, 4.69) is 15.6 Å². The predicted octanol–water partition coefficient (Wildman–Crippen LogP) is 3.21. The number of carbonyl (C=O) groups is 3. The Bertz CT molecular complexity index is 1210. The molecule has 1 saturated carbocycles. The molecular weight excluding hydrogens is 456 g/mol. The lowest BCUT2D eigenvalue weighted by Crippen LogP contribution is -2.56. The largest absolute Gasteiger partial charge is 0.356 e. The maximum absolute atomic E-state index is 14.1. The van der Waals surface area contributed by atoms with Gasteiger partial charge in [0, 0.05) is 17.9 Å². The molecule has 36 heavy (non-hydrogen) atoms. The number of para-hydroxylation sites is 1. The van der Waals surface area contributed by atoms with Crippen molar-refractivity contribution in [1.29, 1.82) is 0 Å². The number of hydrogen-bond acceptors (Lipinski definition) is 5. The van der Waals surface area contributed by atoms with Gasteiger partial charge in [-0.1, -0.05) is 49.6 Å². The van der Waals surface area contributed by atoms with E-state index in [0.717, 1.165) is 25.7 Å². The molecule has 1 aliphatic carbocycles. The van der Waals surface area contributed by atoms with E-state index in [1.807, 2.05) is 37.3 Å². The van der Waals surface area contributed by atoms with Crippen LogP contribution >= 0.6 is 0 Å². The molecule has 4 aliphatic rings. The number of fused-ring (bicyclic) bond motifs is 1. The van der Waals surface area contributed by atoms with Crippen molar-refractivity contribution >= 4 is 29.1 Å². The van der Waals surface area contributed by atoms with Crippen molar-refractivity contribution in [2.24, 2.45) is 11.8 Å². The molecule has 1 aromatic heterocycles. The summed E-state index contributed by atoms with van der Waals surface area (Å²) in [4.78, 5) is 47.3. The minimum atomic E-state index is -1.24. The molecule has 3 aliphatic heterocycles. The third-order valence-electron chi connectivity index (χ3n) is 8.15. The molecule has 0 unspecified atom stereocenters. The molecule has 2 saturated heterocycles. The van der Waals surface area contributed by atoms with E-state index >= 15 is 0 Å². The fraction of sp³-hybridized carbons (Fsp3) is 0.429. The second kappa shape index (κ2) is 8.55. The lowest BCUT2D eigenvalue weighted by Gasteiger charge is -2.34. The summed E-state index contributed by atoms with van der Waals surface area (Å²) in [5.41, 5.74) is -1.07. The van der Waals surface area contributed by atoms with Crippen LogP contribution in [0.25, 0.3) is 0 Å². The van der Waals surface area contributed by atoms with Gasteiger partial charge in [-0.05, 0) is 44.0 Å². The zero-order valence-electron chi connectivity index (χ0n) is 20.2. The first-order valence-corrected chi connectivity index (χ1v) is 12.7. The van der Waals surface area contributed by atoms with Gasteiger partial charge >= 0.3 is 0 Å². The van der Waals surface area contributed by atoms with E-state index in [0.29, 0.717) is 11.4 Å². The summed E-state index contributed by atoms with van der Waals surface area (Å²) in [6.45, 7) is 1.82. The monoisotopic (exact) mass is 486 g/mol. The average Bonchev–Trinajstić information content (AvgIpc) is 3.46. The normalized spacial score (nSPS) is 33.0. The number of nitrogens with zero attached hydrogens (tertiary/aromatic N) is 2. The fourth-order valence-electron chi connectivity index (χ4n) is 6.58. The Kier molecular flexibility index (Phi) is 5.44. The highest BCUT2D eigenvalue weighted by molar-refractivity contribution is 6.11. The third-order valence-corrected chi connectivity index (χ3v) is 8.15. The number of amides is 3. The maximum Gasteiger partial charge on any atom is 0.246 e. The molecule has 8 nitrogen and oxygen atoms in total. The Morgan fingerprint density at radius 2 is 1.81 bits per heavy atom. The molecule has 2 N–H and O–H groups in total. The van der Waals surface area contributed by atoms with Crippen LogP contribution in [0.15, 0.2) is 67.0 Å². The number of carbonyl (C=O) groups excluding carboxylic acids is 3. The summed E-state index contributed by atoms with van der Waals surface area (Å²) in [6, 6.07) is 11.8. The van der Waals surface area contributed by atoms with Crippen LogP contribution < -0.4 is 15.5 Å². The summed E-state index contributed by atoms with van der Waals surface area (Å²) < 4.78 is 6.57. The highest BCUT2D eigenvalue weighted by atomic mass is 16.5. The molecule has 0 radical (unpaired) electrons. The number of aromatic nitrogens is 1. The topological polar surface area (TPSA) is 101 Å². The Balaban J connectivity index is 1.39. The maximum atomic E-state index is 14.1. The van der Waals surface area contributed by atoms with Crippen LogP contribution in [-0.2, 0) is 19.1 Å². The number of nitrogens with one attached hydrogen (secondary N) is 2. The summed E-state index contributed by atoms with van der Waals surface area (Å²) in [7, 11) is 0. The average molecular weight is 487 g/mol. The van der Waals surface area contributed by atoms with Gasteiger partial charge in [0.1, 0.15) is 11.6 Å². The molecule has 6 rings (SSSR count). The van der Waals surface area contributed by atoms with Gasteiger partial charge in [-0.3, -0.25) is 24.3 Å². The van der Waals surface area contributed by atoms with Gasteiger partial charge in [0.2, 0.25) is 17.7 Å². The van der Waals surface area contributed by atoms with Crippen LogP contribution in [0.2, 0.25) is 0 Å². The fourth-order valence-corrected chi connectivity index (χ4v) is 6.58.